The summed E-state index contributed by atoms with van der Waals surface area (Å²) in [5.74, 6) is 0. The maximum absolute atomic E-state index is 4.23. The van der Waals surface area contributed by atoms with Gasteiger partial charge in [0.2, 0.25) is 0 Å². The van der Waals surface area contributed by atoms with Gasteiger partial charge in [-0.3, -0.25) is 0 Å². The molecule has 17 heavy (non-hydrogen) atoms. The van der Waals surface area contributed by atoms with E-state index in [0.29, 0.717) is 6.04 Å². The molecule has 0 atom stereocenters. The van der Waals surface area contributed by atoms with Crippen LogP contribution in [-0.4, -0.2) is 27.8 Å². The van der Waals surface area contributed by atoms with Crippen molar-refractivity contribution in [2.75, 3.05) is 6.54 Å². The van der Waals surface area contributed by atoms with Crippen molar-refractivity contribution >= 4 is 22.7 Å². The summed E-state index contributed by atoms with van der Waals surface area (Å²) in [6.45, 7) is 7.25. The highest BCUT2D eigenvalue weighted by Crippen LogP contribution is 2.29. The van der Waals surface area contributed by atoms with Crippen molar-refractivity contribution < 1.29 is 0 Å². The zero-order valence-electron chi connectivity index (χ0n) is 10.2. The molecule has 0 saturated heterocycles. The number of thiazole rings is 1. The van der Waals surface area contributed by atoms with Gasteiger partial charge in [-0.2, -0.15) is 0 Å². The van der Waals surface area contributed by atoms with Crippen molar-refractivity contribution in [3.63, 3.8) is 0 Å². The smallest absolute Gasteiger partial charge is 0.159 e. The molecule has 0 aromatic carbocycles. The summed E-state index contributed by atoms with van der Waals surface area (Å²) in [7, 11) is 0. The van der Waals surface area contributed by atoms with E-state index in [1.807, 2.05) is 12.4 Å². The maximum atomic E-state index is 4.23. The minimum Gasteiger partial charge on any atom is -0.314 e. The Labute approximate surface area is 109 Å². The second kappa shape index (κ2) is 5.66. The Bertz CT molecular complexity index is 475. The number of rotatable bonds is 5. The van der Waals surface area contributed by atoms with Crippen molar-refractivity contribution in [2.24, 2.45) is 0 Å². The average molecular weight is 268 g/mol. The molecule has 6 heteroatoms. The lowest BCUT2D eigenvalue weighted by atomic mass is 10.3. The molecule has 0 aliphatic carbocycles. The first-order valence-electron chi connectivity index (χ1n) is 5.63. The zero-order chi connectivity index (χ0) is 12.3. The van der Waals surface area contributed by atoms with Gasteiger partial charge in [-0.05, 0) is 6.92 Å². The monoisotopic (exact) mass is 268 g/mol. The molecule has 2 heterocycles. The van der Waals surface area contributed by atoms with Crippen molar-refractivity contribution in [2.45, 2.75) is 33.2 Å². The molecule has 92 valence electrons. The van der Waals surface area contributed by atoms with Crippen molar-refractivity contribution in [1.29, 1.82) is 0 Å². The van der Waals surface area contributed by atoms with Crippen LogP contribution in [0.2, 0.25) is 0 Å². The first kappa shape index (κ1) is 12.6. The maximum Gasteiger partial charge on any atom is 0.159 e. The summed E-state index contributed by atoms with van der Waals surface area (Å²) in [5, 5.41) is 13.9. The molecule has 0 fully saturated rings. The summed E-state index contributed by atoms with van der Waals surface area (Å²) in [5.41, 5.74) is 2.89. The third kappa shape index (κ3) is 3.31. The molecule has 0 spiro atoms. The van der Waals surface area contributed by atoms with E-state index in [1.165, 1.54) is 0 Å². The lowest BCUT2D eigenvalue weighted by Gasteiger charge is -2.04. The van der Waals surface area contributed by atoms with Gasteiger partial charge in [0.25, 0.3) is 0 Å². The number of hydrogen-bond acceptors (Lipinski definition) is 6. The number of nitrogens with zero attached hydrogens (tertiary/aromatic N) is 3. The molecule has 0 aliphatic rings. The molecule has 0 unspecified atom stereocenters. The lowest BCUT2D eigenvalue weighted by Crippen LogP contribution is -2.24. The molecule has 0 bridgehead atoms. The highest BCUT2D eigenvalue weighted by Gasteiger charge is 2.11. The van der Waals surface area contributed by atoms with Gasteiger partial charge < -0.3 is 5.32 Å². The molecule has 4 nitrogen and oxygen atoms in total. The Morgan fingerprint density at radius 3 is 2.82 bits per heavy atom. The van der Waals surface area contributed by atoms with Gasteiger partial charge in [-0.1, -0.05) is 25.2 Å². The van der Waals surface area contributed by atoms with Crippen LogP contribution in [-0.2, 0) is 6.42 Å². The van der Waals surface area contributed by atoms with Crippen LogP contribution >= 0.6 is 22.7 Å². The van der Waals surface area contributed by atoms with Crippen LogP contribution in [0.25, 0.3) is 9.88 Å². The van der Waals surface area contributed by atoms with Crippen molar-refractivity contribution in [3.8, 4) is 9.88 Å². The second-order valence-corrected chi connectivity index (χ2v) is 6.04. The summed E-state index contributed by atoms with van der Waals surface area (Å²) in [4.78, 5) is 5.38. The van der Waals surface area contributed by atoms with E-state index < -0.39 is 0 Å². The molecule has 2 aromatic rings. The molecule has 0 radical (unpaired) electrons. The number of hydrogen-bond donors (Lipinski definition) is 1. The molecule has 1 N–H and O–H groups in total. The van der Waals surface area contributed by atoms with Gasteiger partial charge in [0.1, 0.15) is 5.01 Å². The van der Waals surface area contributed by atoms with Gasteiger partial charge in [0.05, 0.1) is 16.1 Å². The topological polar surface area (TPSA) is 50.7 Å². The molecule has 0 saturated carbocycles. The number of aryl methyl sites for hydroxylation is 1. The summed E-state index contributed by atoms with van der Waals surface area (Å²) in [6.07, 6.45) is 0.938. The minimum absolute atomic E-state index is 0.520. The molecular formula is C11H16N4S2. The third-order valence-electron chi connectivity index (χ3n) is 2.30. The Morgan fingerprint density at radius 1 is 1.35 bits per heavy atom. The summed E-state index contributed by atoms with van der Waals surface area (Å²) < 4.78 is 0. The Hall–Kier alpha value is -0.850. The predicted molar refractivity (Wildman–Crippen MR) is 72.6 cm³/mol. The first-order chi connectivity index (χ1) is 8.16. The van der Waals surface area contributed by atoms with E-state index in [4.69, 9.17) is 0 Å². The SMILES string of the molecule is Cc1ncsc1-c1nnc(CCNC(C)C)s1. The summed E-state index contributed by atoms with van der Waals surface area (Å²) >= 11 is 3.29. The largest absolute Gasteiger partial charge is 0.314 e. The van der Waals surface area contributed by atoms with Gasteiger partial charge in [-0.25, -0.2) is 4.98 Å². The van der Waals surface area contributed by atoms with Crippen LogP contribution in [0.4, 0.5) is 0 Å². The number of nitrogens with one attached hydrogen (secondary N) is 1. The highest BCUT2D eigenvalue weighted by atomic mass is 32.1. The zero-order valence-corrected chi connectivity index (χ0v) is 11.9. The predicted octanol–water partition coefficient (Wildman–Crippen LogP) is 2.51. The number of aromatic nitrogens is 3. The van der Waals surface area contributed by atoms with Crippen LogP contribution in [0.1, 0.15) is 24.5 Å². The Balaban J connectivity index is 1.99. The summed E-state index contributed by atoms with van der Waals surface area (Å²) in [6, 6.07) is 0.520. The molecule has 0 aliphatic heterocycles. The van der Waals surface area contributed by atoms with Crippen molar-refractivity contribution in [3.05, 3.63) is 16.2 Å². The fraction of sp³-hybridized carbons (Fsp3) is 0.545. The normalized spacial score (nSPS) is 11.3. The fourth-order valence-electron chi connectivity index (χ4n) is 1.42. The van der Waals surface area contributed by atoms with Crippen LogP contribution in [0, 0.1) is 6.92 Å². The van der Waals surface area contributed by atoms with E-state index in [9.17, 15) is 0 Å². The first-order valence-corrected chi connectivity index (χ1v) is 7.32. The van der Waals surface area contributed by atoms with Crippen LogP contribution < -0.4 is 5.32 Å². The molecule has 2 aromatic heterocycles. The standard InChI is InChI=1S/C11H16N4S2/c1-7(2)12-5-4-9-14-15-11(17-9)10-8(3)13-6-16-10/h6-7,12H,4-5H2,1-3H3. The quantitative estimate of drug-likeness (QED) is 0.905. The van der Waals surface area contributed by atoms with Gasteiger partial charge in [-0.15, -0.1) is 21.5 Å². The van der Waals surface area contributed by atoms with Gasteiger partial charge >= 0.3 is 0 Å². The van der Waals surface area contributed by atoms with Gasteiger partial charge in [0, 0.05) is 19.0 Å². The minimum atomic E-state index is 0.520. The van der Waals surface area contributed by atoms with E-state index in [0.717, 1.165) is 33.6 Å². The Kier molecular flexibility index (Phi) is 4.20. The molecule has 0 amide bonds. The fourth-order valence-corrected chi connectivity index (χ4v) is 3.20. The molecular weight excluding hydrogens is 252 g/mol. The third-order valence-corrected chi connectivity index (χ3v) is 4.36. The lowest BCUT2D eigenvalue weighted by molar-refractivity contribution is 0.588. The average Bonchev–Trinajstić information content (AvgIpc) is 2.86. The highest BCUT2D eigenvalue weighted by molar-refractivity contribution is 7.20. The Morgan fingerprint density at radius 2 is 2.18 bits per heavy atom. The van der Waals surface area contributed by atoms with Crippen LogP contribution in [0.3, 0.4) is 0 Å². The van der Waals surface area contributed by atoms with Crippen LogP contribution in [0.5, 0.6) is 0 Å². The second-order valence-electron chi connectivity index (χ2n) is 4.13. The van der Waals surface area contributed by atoms with E-state index >= 15 is 0 Å². The van der Waals surface area contributed by atoms with Crippen LogP contribution in [0.15, 0.2) is 5.51 Å². The van der Waals surface area contributed by atoms with E-state index in [-0.39, 0.29) is 0 Å². The van der Waals surface area contributed by atoms with Gasteiger partial charge in [0.15, 0.2) is 5.01 Å². The molecule has 2 rings (SSSR count). The van der Waals surface area contributed by atoms with Crippen molar-refractivity contribution in [1.82, 2.24) is 20.5 Å². The van der Waals surface area contributed by atoms with E-state index in [1.54, 1.807) is 22.7 Å². The van der Waals surface area contributed by atoms with E-state index in [2.05, 4.69) is 34.3 Å².